The summed E-state index contributed by atoms with van der Waals surface area (Å²) in [5.74, 6) is -1.05. The van der Waals surface area contributed by atoms with E-state index in [2.05, 4.69) is 4.98 Å². The molecular formula is C6H6ClNO3S. The number of carboxylic acid groups (broad SMARTS) is 1. The van der Waals surface area contributed by atoms with Gasteiger partial charge in [-0.1, -0.05) is 11.6 Å². The lowest BCUT2D eigenvalue weighted by Gasteiger charge is -2.01. The molecule has 6 heteroatoms. The predicted molar refractivity (Wildman–Crippen MR) is 44.3 cm³/mol. The van der Waals surface area contributed by atoms with Gasteiger partial charge in [0.1, 0.15) is 6.10 Å². The molecule has 1 unspecified atom stereocenters. The monoisotopic (exact) mass is 207 g/mol. The zero-order chi connectivity index (χ0) is 9.14. The van der Waals surface area contributed by atoms with Gasteiger partial charge in [0.25, 0.3) is 0 Å². The number of aliphatic hydroxyl groups is 1. The van der Waals surface area contributed by atoms with E-state index in [1.807, 2.05) is 0 Å². The van der Waals surface area contributed by atoms with Crippen molar-refractivity contribution in [3.8, 4) is 0 Å². The van der Waals surface area contributed by atoms with Gasteiger partial charge in [-0.3, -0.25) is 4.79 Å². The first-order chi connectivity index (χ1) is 5.59. The molecule has 0 saturated carbocycles. The summed E-state index contributed by atoms with van der Waals surface area (Å²) in [4.78, 5) is 14.3. The number of aromatic nitrogens is 1. The van der Waals surface area contributed by atoms with E-state index in [0.29, 0.717) is 9.34 Å². The van der Waals surface area contributed by atoms with Gasteiger partial charge < -0.3 is 10.2 Å². The van der Waals surface area contributed by atoms with Crippen LogP contribution in [0.3, 0.4) is 0 Å². The van der Waals surface area contributed by atoms with E-state index in [0.717, 1.165) is 11.3 Å². The van der Waals surface area contributed by atoms with E-state index >= 15 is 0 Å². The van der Waals surface area contributed by atoms with Crippen molar-refractivity contribution in [1.29, 1.82) is 0 Å². The summed E-state index contributed by atoms with van der Waals surface area (Å²) >= 11 is 6.57. The standard InChI is InChI=1S/C6H6ClNO3S/c7-6-8-2-4(12-6)3(9)1-5(10)11/h2-3,9H,1H2,(H,10,11). The summed E-state index contributed by atoms with van der Waals surface area (Å²) < 4.78 is 0.300. The second kappa shape index (κ2) is 3.84. The highest BCUT2D eigenvalue weighted by molar-refractivity contribution is 7.15. The minimum absolute atomic E-state index is 0.300. The minimum Gasteiger partial charge on any atom is -0.481 e. The van der Waals surface area contributed by atoms with Gasteiger partial charge in [0.05, 0.1) is 11.3 Å². The van der Waals surface area contributed by atoms with Crippen LogP contribution in [-0.2, 0) is 4.79 Å². The maximum absolute atomic E-state index is 10.2. The Kier molecular flexibility index (Phi) is 3.02. The lowest BCUT2D eigenvalue weighted by atomic mass is 10.2. The van der Waals surface area contributed by atoms with Crippen LogP contribution in [0, 0.1) is 0 Å². The summed E-state index contributed by atoms with van der Waals surface area (Å²) in [6, 6.07) is 0. The van der Waals surface area contributed by atoms with Crippen LogP contribution in [0.4, 0.5) is 0 Å². The van der Waals surface area contributed by atoms with E-state index in [1.54, 1.807) is 0 Å². The van der Waals surface area contributed by atoms with Gasteiger partial charge in [0.2, 0.25) is 0 Å². The smallest absolute Gasteiger partial charge is 0.306 e. The Labute approximate surface area is 77.4 Å². The number of aliphatic hydroxyl groups excluding tert-OH is 1. The normalized spacial score (nSPS) is 12.8. The number of thiazole rings is 1. The van der Waals surface area contributed by atoms with Crippen molar-refractivity contribution >= 4 is 28.9 Å². The van der Waals surface area contributed by atoms with E-state index in [1.165, 1.54) is 6.20 Å². The van der Waals surface area contributed by atoms with Crippen molar-refractivity contribution in [2.24, 2.45) is 0 Å². The van der Waals surface area contributed by atoms with Gasteiger partial charge in [0.15, 0.2) is 4.47 Å². The molecule has 66 valence electrons. The van der Waals surface area contributed by atoms with Crippen molar-refractivity contribution in [2.75, 3.05) is 0 Å². The molecule has 0 amide bonds. The summed E-state index contributed by atoms with van der Waals surface area (Å²) in [5, 5.41) is 17.6. The summed E-state index contributed by atoms with van der Waals surface area (Å²) in [7, 11) is 0. The highest BCUT2D eigenvalue weighted by Crippen LogP contribution is 2.25. The second-order valence-electron chi connectivity index (χ2n) is 2.13. The van der Waals surface area contributed by atoms with Crippen molar-refractivity contribution in [3.05, 3.63) is 15.5 Å². The van der Waals surface area contributed by atoms with E-state index in [9.17, 15) is 9.90 Å². The van der Waals surface area contributed by atoms with Crippen LogP contribution in [0.1, 0.15) is 17.4 Å². The van der Waals surface area contributed by atoms with Crippen molar-refractivity contribution < 1.29 is 15.0 Å². The van der Waals surface area contributed by atoms with Crippen LogP contribution in [0.5, 0.6) is 0 Å². The molecule has 1 aromatic rings. The van der Waals surface area contributed by atoms with E-state index in [4.69, 9.17) is 16.7 Å². The third-order valence-corrected chi connectivity index (χ3v) is 2.41. The fourth-order valence-electron chi connectivity index (χ4n) is 0.684. The topological polar surface area (TPSA) is 70.4 Å². The number of carbonyl (C=O) groups is 1. The molecule has 0 fully saturated rings. The summed E-state index contributed by atoms with van der Waals surface area (Å²) in [5.41, 5.74) is 0. The highest BCUT2D eigenvalue weighted by Gasteiger charge is 2.14. The number of nitrogens with zero attached hydrogens (tertiary/aromatic N) is 1. The van der Waals surface area contributed by atoms with Gasteiger partial charge in [0, 0.05) is 6.20 Å². The Balaban J connectivity index is 2.64. The lowest BCUT2D eigenvalue weighted by molar-refractivity contribution is -0.139. The van der Waals surface area contributed by atoms with Gasteiger partial charge in [-0.05, 0) is 0 Å². The molecule has 0 radical (unpaired) electrons. The fraction of sp³-hybridized carbons (Fsp3) is 0.333. The molecule has 1 rings (SSSR count). The number of hydrogen-bond donors (Lipinski definition) is 2. The van der Waals surface area contributed by atoms with Crippen LogP contribution in [0.2, 0.25) is 4.47 Å². The van der Waals surface area contributed by atoms with Crippen molar-refractivity contribution in [2.45, 2.75) is 12.5 Å². The Morgan fingerprint density at radius 1 is 1.83 bits per heavy atom. The highest BCUT2D eigenvalue weighted by atomic mass is 35.5. The van der Waals surface area contributed by atoms with Crippen LogP contribution >= 0.6 is 22.9 Å². The number of aliphatic carboxylic acids is 1. The van der Waals surface area contributed by atoms with Crippen LogP contribution < -0.4 is 0 Å². The minimum atomic E-state index is -1.05. The molecule has 0 spiro atoms. The molecule has 12 heavy (non-hydrogen) atoms. The molecule has 0 aliphatic carbocycles. The molecule has 2 N–H and O–H groups in total. The van der Waals surface area contributed by atoms with Gasteiger partial charge in [-0.2, -0.15) is 0 Å². The number of hydrogen-bond acceptors (Lipinski definition) is 4. The van der Waals surface area contributed by atoms with Crippen molar-refractivity contribution in [1.82, 2.24) is 4.98 Å². The average molecular weight is 208 g/mol. The first-order valence-electron chi connectivity index (χ1n) is 3.10. The molecular weight excluding hydrogens is 202 g/mol. The molecule has 1 aromatic heterocycles. The first kappa shape index (κ1) is 9.44. The average Bonchev–Trinajstić information content (AvgIpc) is 2.34. The Morgan fingerprint density at radius 3 is 2.92 bits per heavy atom. The molecule has 0 aliphatic heterocycles. The number of carboxylic acids is 1. The zero-order valence-electron chi connectivity index (χ0n) is 5.90. The molecule has 0 bridgehead atoms. The third-order valence-electron chi connectivity index (χ3n) is 1.19. The largest absolute Gasteiger partial charge is 0.481 e. The van der Waals surface area contributed by atoms with Gasteiger partial charge >= 0.3 is 5.97 Å². The molecule has 0 aromatic carbocycles. The lowest BCUT2D eigenvalue weighted by Crippen LogP contribution is -2.03. The van der Waals surface area contributed by atoms with Crippen molar-refractivity contribution in [3.63, 3.8) is 0 Å². The van der Waals surface area contributed by atoms with Gasteiger partial charge in [-0.15, -0.1) is 11.3 Å². The molecule has 4 nitrogen and oxygen atoms in total. The van der Waals surface area contributed by atoms with E-state index < -0.39 is 12.1 Å². The Hall–Kier alpha value is -0.650. The maximum Gasteiger partial charge on any atom is 0.306 e. The quantitative estimate of drug-likeness (QED) is 0.784. The predicted octanol–water partition coefficient (Wildman–Crippen LogP) is 1.30. The Bertz CT molecular complexity index is 288. The third kappa shape index (κ3) is 2.44. The molecule has 1 heterocycles. The number of halogens is 1. The van der Waals surface area contributed by atoms with E-state index in [-0.39, 0.29) is 6.42 Å². The number of rotatable bonds is 3. The molecule has 1 atom stereocenters. The van der Waals surface area contributed by atoms with Crippen LogP contribution in [0.15, 0.2) is 6.20 Å². The molecule has 0 saturated heterocycles. The summed E-state index contributed by atoms with van der Waals surface area (Å²) in [6.07, 6.45) is 0.0477. The fourth-order valence-corrected chi connectivity index (χ4v) is 1.63. The summed E-state index contributed by atoms with van der Waals surface area (Å²) in [6.45, 7) is 0. The maximum atomic E-state index is 10.2. The second-order valence-corrected chi connectivity index (χ2v) is 3.77. The Morgan fingerprint density at radius 2 is 2.50 bits per heavy atom. The SMILES string of the molecule is O=C(O)CC(O)c1cnc(Cl)s1. The van der Waals surface area contributed by atoms with Crippen LogP contribution in [0.25, 0.3) is 0 Å². The van der Waals surface area contributed by atoms with Crippen LogP contribution in [-0.4, -0.2) is 21.2 Å². The van der Waals surface area contributed by atoms with Gasteiger partial charge in [-0.25, -0.2) is 4.98 Å². The zero-order valence-corrected chi connectivity index (χ0v) is 7.47. The first-order valence-corrected chi connectivity index (χ1v) is 4.30. The molecule has 0 aliphatic rings.